The molecule has 9 heteroatoms. The molecule has 4 rings (SSSR count). The van der Waals surface area contributed by atoms with Gasteiger partial charge >= 0.3 is 0 Å². The van der Waals surface area contributed by atoms with E-state index in [0.717, 1.165) is 31.7 Å². The van der Waals surface area contributed by atoms with Crippen LogP contribution >= 0.6 is 0 Å². The molecule has 2 atom stereocenters. The molecule has 26 heavy (non-hydrogen) atoms. The van der Waals surface area contributed by atoms with Crippen LogP contribution in [0.4, 0.5) is 0 Å². The number of piperidine rings is 1. The van der Waals surface area contributed by atoms with E-state index in [-0.39, 0.29) is 28.8 Å². The zero-order valence-electron chi connectivity index (χ0n) is 15.0. The Morgan fingerprint density at radius 1 is 1.27 bits per heavy atom. The van der Waals surface area contributed by atoms with Crippen LogP contribution in [-0.4, -0.2) is 61.3 Å². The molecule has 0 aromatic carbocycles. The van der Waals surface area contributed by atoms with Crippen molar-refractivity contribution >= 4 is 15.9 Å². The number of aromatic nitrogens is 1. The molecule has 0 spiro atoms. The van der Waals surface area contributed by atoms with E-state index in [1.807, 2.05) is 6.92 Å². The van der Waals surface area contributed by atoms with Gasteiger partial charge in [-0.15, -0.1) is 0 Å². The first-order valence-electron chi connectivity index (χ1n) is 9.42. The van der Waals surface area contributed by atoms with Crippen molar-refractivity contribution in [2.75, 3.05) is 26.2 Å². The molecule has 0 radical (unpaired) electrons. The van der Waals surface area contributed by atoms with Gasteiger partial charge in [-0.05, 0) is 44.7 Å². The summed E-state index contributed by atoms with van der Waals surface area (Å²) in [5.41, 5.74) is 0.277. The number of sulfonamides is 1. The Bertz CT molecular complexity index is 767. The van der Waals surface area contributed by atoms with Crippen LogP contribution in [0, 0.1) is 5.92 Å². The summed E-state index contributed by atoms with van der Waals surface area (Å²) in [6.07, 6.45) is 3.46. The van der Waals surface area contributed by atoms with E-state index in [1.54, 1.807) is 10.4 Å². The van der Waals surface area contributed by atoms with E-state index in [4.69, 9.17) is 4.52 Å². The van der Waals surface area contributed by atoms with E-state index < -0.39 is 10.0 Å². The van der Waals surface area contributed by atoms with Gasteiger partial charge in [0, 0.05) is 31.1 Å². The molecule has 2 saturated heterocycles. The van der Waals surface area contributed by atoms with Crippen LogP contribution in [0.5, 0.6) is 0 Å². The molecule has 144 valence electrons. The average molecular weight is 382 g/mol. The minimum absolute atomic E-state index is 0.0604. The Kier molecular flexibility index (Phi) is 4.79. The maximum atomic E-state index is 12.9. The van der Waals surface area contributed by atoms with Crippen LogP contribution in [-0.2, 0) is 10.0 Å². The molecule has 1 aromatic rings. The van der Waals surface area contributed by atoms with Crippen LogP contribution in [0.15, 0.2) is 10.6 Å². The van der Waals surface area contributed by atoms with Crippen molar-refractivity contribution in [1.29, 1.82) is 0 Å². The molecule has 3 heterocycles. The summed E-state index contributed by atoms with van der Waals surface area (Å²) in [4.78, 5) is 12.5. The number of hydrogen-bond donors (Lipinski definition) is 2. The van der Waals surface area contributed by atoms with E-state index in [2.05, 4.69) is 15.8 Å². The van der Waals surface area contributed by atoms with Crippen LogP contribution in [0.3, 0.4) is 0 Å². The number of nitrogens with zero attached hydrogens (tertiary/aromatic N) is 2. The van der Waals surface area contributed by atoms with Crippen molar-refractivity contribution in [2.24, 2.45) is 5.92 Å². The number of carbonyl (C=O) groups excluding carboxylic acids is 1. The fraction of sp³-hybridized carbons (Fsp3) is 0.765. The second-order valence-corrected chi connectivity index (χ2v) is 9.97. The van der Waals surface area contributed by atoms with Crippen molar-refractivity contribution in [3.63, 3.8) is 0 Å². The zero-order valence-corrected chi connectivity index (χ0v) is 15.8. The van der Waals surface area contributed by atoms with Gasteiger partial charge in [-0.25, -0.2) is 8.42 Å². The van der Waals surface area contributed by atoms with Crippen LogP contribution in [0.1, 0.15) is 54.8 Å². The topological polar surface area (TPSA) is 105 Å². The minimum Gasteiger partial charge on any atom is -0.360 e. The van der Waals surface area contributed by atoms with Crippen LogP contribution < -0.4 is 10.6 Å². The molecule has 1 aliphatic carbocycles. The fourth-order valence-electron chi connectivity index (χ4n) is 3.82. The minimum atomic E-state index is -3.32. The quantitative estimate of drug-likeness (QED) is 0.776. The maximum Gasteiger partial charge on any atom is 0.273 e. The highest BCUT2D eigenvalue weighted by Gasteiger charge is 2.41. The van der Waals surface area contributed by atoms with Crippen molar-refractivity contribution in [1.82, 2.24) is 20.1 Å². The number of carbonyl (C=O) groups is 1. The van der Waals surface area contributed by atoms with Crippen molar-refractivity contribution in [3.8, 4) is 0 Å². The van der Waals surface area contributed by atoms with Gasteiger partial charge in [0.15, 0.2) is 5.69 Å². The van der Waals surface area contributed by atoms with E-state index in [0.29, 0.717) is 31.8 Å². The summed E-state index contributed by atoms with van der Waals surface area (Å²) in [5, 5.41) is 9.68. The molecule has 1 amide bonds. The van der Waals surface area contributed by atoms with Gasteiger partial charge in [0.1, 0.15) is 5.76 Å². The summed E-state index contributed by atoms with van der Waals surface area (Å²) in [7, 11) is -3.32. The molecule has 3 aliphatic rings. The van der Waals surface area contributed by atoms with Gasteiger partial charge in [0.2, 0.25) is 10.0 Å². The SMILES string of the molecule is C[C@H]1CN(S(=O)(=O)C2CCNCC2)C[C@H]1NC(=O)c1cc(C2CC2)on1. The first kappa shape index (κ1) is 17.9. The summed E-state index contributed by atoms with van der Waals surface area (Å²) in [6, 6.07) is 1.50. The van der Waals surface area contributed by atoms with Crippen molar-refractivity contribution < 1.29 is 17.7 Å². The lowest BCUT2D eigenvalue weighted by Crippen LogP contribution is -2.45. The van der Waals surface area contributed by atoms with Gasteiger partial charge in [0.25, 0.3) is 5.91 Å². The first-order chi connectivity index (χ1) is 12.4. The standard InChI is InChI=1S/C17H26N4O4S/c1-11-9-21(26(23,24)13-4-6-18-7-5-13)10-15(11)19-17(22)14-8-16(25-20-14)12-2-3-12/h8,11-13,15,18H,2-7,9-10H2,1H3,(H,19,22)/t11-,15+/m0/s1. The molecule has 3 fully saturated rings. The Morgan fingerprint density at radius 2 is 2.00 bits per heavy atom. The van der Waals surface area contributed by atoms with Gasteiger partial charge in [-0.1, -0.05) is 12.1 Å². The second kappa shape index (κ2) is 6.94. The smallest absolute Gasteiger partial charge is 0.273 e. The third-order valence-corrected chi connectivity index (χ3v) is 8.04. The molecule has 0 bridgehead atoms. The predicted octanol–water partition coefficient (Wildman–Crippen LogP) is 0.684. The summed E-state index contributed by atoms with van der Waals surface area (Å²) in [6.45, 7) is 4.23. The molecule has 1 aromatic heterocycles. The highest BCUT2D eigenvalue weighted by molar-refractivity contribution is 7.89. The van der Waals surface area contributed by atoms with Gasteiger partial charge in [-0.3, -0.25) is 4.79 Å². The maximum absolute atomic E-state index is 12.9. The Balaban J connectivity index is 1.39. The summed E-state index contributed by atoms with van der Waals surface area (Å²) in [5.74, 6) is 0.939. The van der Waals surface area contributed by atoms with Gasteiger partial charge < -0.3 is 15.2 Å². The van der Waals surface area contributed by atoms with Crippen LogP contribution in [0.25, 0.3) is 0 Å². The summed E-state index contributed by atoms with van der Waals surface area (Å²) >= 11 is 0. The highest BCUT2D eigenvalue weighted by atomic mass is 32.2. The van der Waals surface area contributed by atoms with Crippen molar-refractivity contribution in [2.45, 2.75) is 49.8 Å². The fourth-order valence-corrected chi connectivity index (χ4v) is 5.89. The zero-order chi connectivity index (χ0) is 18.3. The molecule has 2 aliphatic heterocycles. The molecule has 2 N–H and O–H groups in total. The van der Waals surface area contributed by atoms with E-state index in [1.165, 1.54) is 0 Å². The number of nitrogens with one attached hydrogen (secondary N) is 2. The lowest BCUT2D eigenvalue weighted by molar-refractivity contribution is 0.0923. The molecule has 0 unspecified atom stereocenters. The largest absolute Gasteiger partial charge is 0.360 e. The third-order valence-electron chi connectivity index (χ3n) is 5.70. The second-order valence-electron chi connectivity index (χ2n) is 7.76. The number of rotatable bonds is 5. The molecular formula is C17H26N4O4S. The normalized spacial score (nSPS) is 28.3. The molecule has 1 saturated carbocycles. The Hall–Kier alpha value is -1.45. The highest BCUT2D eigenvalue weighted by Crippen LogP contribution is 2.40. The lowest BCUT2D eigenvalue weighted by atomic mass is 10.1. The molecule has 8 nitrogen and oxygen atoms in total. The predicted molar refractivity (Wildman–Crippen MR) is 95.3 cm³/mol. The average Bonchev–Trinajstić information content (AvgIpc) is 3.24. The lowest BCUT2D eigenvalue weighted by Gasteiger charge is -2.27. The molecular weight excluding hydrogens is 356 g/mol. The van der Waals surface area contributed by atoms with E-state index in [9.17, 15) is 13.2 Å². The monoisotopic (exact) mass is 382 g/mol. The third kappa shape index (κ3) is 3.52. The Morgan fingerprint density at radius 3 is 2.69 bits per heavy atom. The van der Waals surface area contributed by atoms with Crippen LogP contribution in [0.2, 0.25) is 0 Å². The van der Waals surface area contributed by atoms with Crippen molar-refractivity contribution in [3.05, 3.63) is 17.5 Å². The van der Waals surface area contributed by atoms with E-state index >= 15 is 0 Å². The van der Waals surface area contributed by atoms with Gasteiger partial charge in [0.05, 0.1) is 5.25 Å². The number of amides is 1. The Labute approximate surface area is 153 Å². The summed E-state index contributed by atoms with van der Waals surface area (Å²) < 4.78 is 32.5. The first-order valence-corrected chi connectivity index (χ1v) is 10.9. The van der Waals surface area contributed by atoms with Gasteiger partial charge in [-0.2, -0.15) is 4.31 Å². The number of hydrogen-bond acceptors (Lipinski definition) is 6.